The summed E-state index contributed by atoms with van der Waals surface area (Å²) in [5.41, 5.74) is 2.57. The van der Waals surface area contributed by atoms with Crippen molar-refractivity contribution >= 4 is 34.1 Å². The lowest BCUT2D eigenvalue weighted by Gasteiger charge is -2.31. The van der Waals surface area contributed by atoms with Crippen LogP contribution in [0.15, 0.2) is 35.7 Å². The molecule has 1 unspecified atom stereocenters. The minimum absolute atomic E-state index is 0.115. The molecule has 0 bridgehead atoms. The summed E-state index contributed by atoms with van der Waals surface area (Å²) >= 11 is 1.47. The highest BCUT2D eigenvalue weighted by atomic mass is 32.1. The number of carbonyl (C=O) groups excluding carboxylic acids is 2. The first-order valence-electron chi connectivity index (χ1n) is 9.54. The second-order valence-electron chi connectivity index (χ2n) is 7.03. The summed E-state index contributed by atoms with van der Waals surface area (Å²) < 4.78 is 7.22. The standard InChI is InChI=1S/C21H23N3O3S/c1-3-27-21(26)15-8-6-10-24(12-15)20(25)16-13-28-19(22-16)18-11-14-7-4-5-9-17(14)23(18)2/h4-5,7,9,11,13,15H,3,6,8,10,12H2,1-2H3. The Kier molecular flexibility index (Phi) is 5.17. The van der Waals surface area contributed by atoms with Crippen LogP contribution >= 0.6 is 11.3 Å². The van der Waals surface area contributed by atoms with Crippen LogP contribution in [0.2, 0.25) is 0 Å². The summed E-state index contributed by atoms with van der Waals surface area (Å²) in [6.07, 6.45) is 1.57. The molecule has 146 valence electrons. The van der Waals surface area contributed by atoms with Crippen LogP contribution < -0.4 is 0 Å². The van der Waals surface area contributed by atoms with Gasteiger partial charge in [0.1, 0.15) is 10.7 Å². The van der Waals surface area contributed by atoms with Crippen LogP contribution in [0.4, 0.5) is 0 Å². The van der Waals surface area contributed by atoms with E-state index in [-0.39, 0.29) is 17.8 Å². The van der Waals surface area contributed by atoms with Crippen molar-refractivity contribution in [1.29, 1.82) is 0 Å². The van der Waals surface area contributed by atoms with E-state index in [1.54, 1.807) is 11.8 Å². The van der Waals surface area contributed by atoms with Crippen LogP contribution in [0.25, 0.3) is 21.6 Å². The van der Waals surface area contributed by atoms with Crippen LogP contribution in [0, 0.1) is 5.92 Å². The largest absolute Gasteiger partial charge is 0.466 e. The fourth-order valence-corrected chi connectivity index (χ4v) is 4.60. The van der Waals surface area contributed by atoms with Crippen LogP contribution in [-0.2, 0) is 16.6 Å². The van der Waals surface area contributed by atoms with Crippen molar-refractivity contribution in [3.05, 3.63) is 41.4 Å². The number of rotatable bonds is 4. The maximum atomic E-state index is 12.9. The van der Waals surface area contributed by atoms with E-state index in [4.69, 9.17) is 4.74 Å². The molecule has 1 aliphatic heterocycles. The van der Waals surface area contributed by atoms with Gasteiger partial charge in [-0.2, -0.15) is 0 Å². The maximum Gasteiger partial charge on any atom is 0.310 e. The number of benzene rings is 1. The number of fused-ring (bicyclic) bond motifs is 1. The Morgan fingerprint density at radius 3 is 2.93 bits per heavy atom. The fourth-order valence-electron chi connectivity index (χ4n) is 3.76. The number of aromatic nitrogens is 2. The highest BCUT2D eigenvalue weighted by Crippen LogP contribution is 2.30. The van der Waals surface area contributed by atoms with Crippen molar-refractivity contribution in [3.63, 3.8) is 0 Å². The zero-order valence-electron chi connectivity index (χ0n) is 16.1. The lowest BCUT2D eigenvalue weighted by atomic mass is 9.98. The van der Waals surface area contributed by atoms with E-state index in [9.17, 15) is 9.59 Å². The molecule has 0 N–H and O–H groups in total. The van der Waals surface area contributed by atoms with Gasteiger partial charge in [-0.3, -0.25) is 9.59 Å². The minimum atomic E-state index is -0.242. The molecule has 0 saturated carbocycles. The molecule has 2 aromatic heterocycles. The lowest BCUT2D eigenvalue weighted by Crippen LogP contribution is -2.42. The number of hydrogen-bond acceptors (Lipinski definition) is 5. The monoisotopic (exact) mass is 397 g/mol. The zero-order chi connectivity index (χ0) is 19.7. The van der Waals surface area contributed by atoms with Crippen molar-refractivity contribution < 1.29 is 14.3 Å². The highest BCUT2D eigenvalue weighted by Gasteiger charge is 2.30. The molecule has 1 saturated heterocycles. The molecule has 6 nitrogen and oxygen atoms in total. The van der Waals surface area contributed by atoms with E-state index < -0.39 is 0 Å². The van der Waals surface area contributed by atoms with Crippen LogP contribution in [0.1, 0.15) is 30.3 Å². The van der Waals surface area contributed by atoms with E-state index in [0.717, 1.165) is 34.4 Å². The van der Waals surface area contributed by atoms with Crippen molar-refractivity contribution in [2.75, 3.05) is 19.7 Å². The highest BCUT2D eigenvalue weighted by molar-refractivity contribution is 7.13. The van der Waals surface area contributed by atoms with Gasteiger partial charge in [0.25, 0.3) is 5.91 Å². The first-order chi connectivity index (χ1) is 13.6. The number of amides is 1. The quantitative estimate of drug-likeness (QED) is 0.630. The molecule has 0 aliphatic carbocycles. The summed E-state index contributed by atoms with van der Waals surface area (Å²) in [5, 5.41) is 3.78. The van der Waals surface area contributed by atoms with Crippen LogP contribution in [-0.4, -0.2) is 46.0 Å². The number of nitrogens with zero attached hydrogens (tertiary/aromatic N) is 3. The molecular weight excluding hydrogens is 374 g/mol. The Balaban J connectivity index is 1.54. The van der Waals surface area contributed by atoms with E-state index >= 15 is 0 Å². The van der Waals surface area contributed by atoms with Gasteiger partial charge in [0, 0.05) is 36.4 Å². The summed E-state index contributed by atoms with van der Waals surface area (Å²) in [4.78, 5) is 31.3. The van der Waals surface area contributed by atoms with Gasteiger partial charge in [-0.1, -0.05) is 18.2 Å². The minimum Gasteiger partial charge on any atom is -0.466 e. The smallest absolute Gasteiger partial charge is 0.310 e. The van der Waals surface area contributed by atoms with Gasteiger partial charge in [-0.05, 0) is 31.9 Å². The first kappa shape index (κ1) is 18.7. The van der Waals surface area contributed by atoms with Crippen LogP contribution in [0.5, 0.6) is 0 Å². The van der Waals surface area contributed by atoms with Gasteiger partial charge in [-0.15, -0.1) is 11.3 Å². The normalized spacial score (nSPS) is 17.1. The summed E-state index contributed by atoms with van der Waals surface area (Å²) in [6, 6.07) is 10.3. The van der Waals surface area contributed by atoms with E-state index in [1.807, 2.05) is 24.6 Å². The number of likely N-dealkylation sites (tertiary alicyclic amines) is 1. The third kappa shape index (κ3) is 3.42. The third-order valence-electron chi connectivity index (χ3n) is 5.22. The third-order valence-corrected chi connectivity index (χ3v) is 6.09. The Hall–Kier alpha value is -2.67. The van der Waals surface area contributed by atoms with Gasteiger partial charge in [0.05, 0.1) is 18.2 Å². The van der Waals surface area contributed by atoms with Crippen molar-refractivity contribution in [2.45, 2.75) is 19.8 Å². The Morgan fingerprint density at radius 2 is 2.14 bits per heavy atom. The Labute approximate surface area is 167 Å². The Bertz CT molecular complexity index is 1020. The van der Waals surface area contributed by atoms with E-state index in [2.05, 4.69) is 27.8 Å². The summed E-state index contributed by atoms with van der Waals surface area (Å²) in [5.74, 6) is -0.571. The number of carbonyl (C=O) groups is 2. The maximum absolute atomic E-state index is 12.9. The van der Waals surface area contributed by atoms with E-state index in [1.165, 1.54) is 11.3 Å². The van der Waals surface area contributed by atoms with Crippen molar-refractivity contribution in [1.82, 2.24) is 14.5 Å². The van der Waals surface area contributed by atoms with Gasteiger partial charge < -0.3 is 14.2 Å². The van der Waals surface area contributed by atoms with Crippen molar-refractivity contribution in [3.8, 4) is 10.7 Å². The number of aryl methyl sites for hydroxylation is 1. The predicted molar refractivity (Wildman–Crippen MR) is 109 cm³/mol. The van der Waals surface area contributed by atoms with Crippen molar-refractivity contribution in [2.24, 2.45) is 13.0 Å². The molecule has 3 aromatic rings. The second kappa shape index (κ2) is 7.75. The SMILES string of the molecule is CCOC(=O)C1CCCN(C(=O)c2csc(-c3cc4ccccc4n3C)n2)C1. The number of ether oxygens (including phenoxy) is 1. The average Bonchev–Trinajstić information content (AvgIpc) is 3.33. The molecule has 0 spiro atoms. The predicted octanol–water partition coefficient (Wildman–Crippen LogP) is 3.72. The fraction of sp³-hybridized carbons (Fsp3) is 0.381. The number of esters is 1. The molecule has 7 heteroatoms. The molecule has 4 rings (SSSR count). The molecular formula is C21H23N3O3S. The Morgan fingerprint density at radius 1 is 1.32 bits per heavy atom. The molecule has 3 heterocycles. The van der Waals surface area contributed by atoms with Gasteiger partial charge in [-0.25, -0.2) is 4.98 Å². The zero-order valence-corrected chi connectivity index (χ0v) is 16.9. The molecule has 1 atom stereocenters. The van der Waals surface area contributed by atoms with Crippen LogP contribution in [0.3, 0.4) is 0 Å². The number of thiazole rings is 1. The summed E-state index contributed by atoms with van der Waals surface area (Å²) in [7, 11) is 2.01. The molecule has 1 fully saturated rings. The molecule has 1 amide bonds. The van der Waals surface area contributed by atoms with Gasteiger partial charge in [0.15, 0.2) is 0 Å². The topological polar surface area (TPSA) is 64.4 Å². The number of hydrogen-bond donors (Lipinski definition) is 0. The first-order valence-corrected chi connectivity index (χ1v) is 10.4. The van der Waals surface area contributed by atoms with Gasteiger partial charge in [0.2, 0.25) is 0 Å². The molecule has 1 aliphatic rings. The molecule has 28 heavy (non-hydrogen) atoms. The summed E-state index contributed by atoms with van der Waals surface area (Å²) in [6.45, 7) is 3.21. The van der Waals surface area contributed by atoms with Gasteiger partial charge >= 0.3 is 5.97 Å². The number of para-hydroxylation sites is 1. The number of piperidine rings is 1. The van der Waals surface area contributed by atoms with E-state index in [0.29, 0.717) is 25.4 Å². The second-order valence-corrected chi connectivity index (χ2v) is 7.89. The lowest BCUT2D eigenvalue weighted by molar-refractivity contribution is -0.149. The molecule has 0 radical (unpaired) electrons. The average molecular weight is 398 g/mol. The molecule has 1 aromatic carbocycles.